The second kappa shape index (κ2) is 14.8. The van der Waals surface area contributed by atoms with Gasteiger partial charge in [0.2, 0.25) is 11.8 Å². The van der Waals surface area contributed by atoms with Gasteiger partial charge in [-0.25, -0.2) is 0 Å². The number of Topliss-reactive ketones (excluding diaryl/α,β-unsaturated/α-hetero) is 1. The average molecular weight is 803 g/mol. The minimum Gasteiger partial charge on any atom is -0.507 e. The van der Waals surface area contributed by atoms with Crippen LogP contribution in [0.25, 0.3) is 16.3 Å². The van der Waals surface area contributed by atoms with E-state index in [2.05, 4.69) is 10.2 Å². The minimum atomic E-state index is -1.45. The normalized spacial score (nSPS) is 24.6. The van der Waals surface area contributed by atoms with Crippen LogP contribution in [0.4, 0.5) is 22.7 Å². The van der Waals surface area contributed by atoms with E-state index in [1.807, 2.05) is 146 Å². The lowest BCUT2D eigenvalue weighted by Crippen LogP contribution is -2.58. The SMILES string of the molecule is CN(C)c1ccc(N=Nc2ccc(N3C(=O)C4CC=C5C(CC6C(=O)C(c7ccccc7)=CC(=O)C6(c6ccccc6)C5c5ccc6ccccc6c5O)C4C3=O)cc2)cc1. The predicted octanol–water partition coefficient (Wildman–Crippen LogP) is 10.1. The van der Waals surface area contributed by atoms with Crippen molar-refractivity contribution >= 4 is 62.5 Å². The van der Waals surface area contributed by atoms with E-state index in [9.17, 15) is 14.7 Å². The Labute approximate surface area is 353 Å². The molecule has 0 spiro atoms. The second-order valence-electron chi connectivity index (χ2n) is 16.7. The van der Waals surface area contributed by atoms with Crippen molar-refractivity contribution in [3.05, 3.63) is 180 Å². The highest BCUT2D eigenvalue weighted by atomic mass is 16.3. The number of allylic oxidation sites excluding steroid dienone is 4. The molecule has 0 radical (unpaired) electrons. The summed E-state index contributed by atoms with van der Waals surface area (Å²) in [5, 5.41) is 22.5. The van der Waals surface area contributed by atoms with Gasteiger partial charge in [0.05, 0.1) is 34.3 Å². The van der Waals surface area contributed by atoms with Gasteiger partial charge in [-0.2, -0.15) is 10.2 Å². The molecule has 300 valence electrons. The molecule has 1 saturated carbocycles. The van der Waals surface area contributed by atoms with Gasteiger partial charge < -0.3 is 10.0 Å². The van der Waals surface area contributed by atoms with Crippen molar-refractivity contribution in [2.75, 3.05) is 23.9 Å². The van der Waals surface area contributed by atoms with Gasteiger partial charge in [-0.1, -0.05) is 109 Å². The van der Waals surface area contributed by atoms with Crippen LogP contribution in [0.15, 0.2) is 174 Å². The molecule has 6 atom stereocenters. The van der Waals surface area contributed by atoms with Crippen molar-refractivity contribution < 1.29 is 24.3 Å². The number of phenolic OH excluding ortho intramolecular Hbond substituents is 1. The summed E-state index contributed by atoms with van der Waals surface area (Å²) in [6.07, 6.45) is 3.95. The Balaban J connectivity index is 1.08. The lowest BCUT2D eigenvalue weighted by molar-refractivity contribution is -0.135. The number of benzene rings is 6. The standard InChI is InChI=1S/C52H42N4O5/c1-55(2)36-22-18-34(19-23-36)53-54-35-20-24-37(25-21-35)56-50(60)40-28-27-39-43(46(40)51(56)61)29-44-49(59)42(31-11-5-3-6-12-31)30-45(57)52(44,33-14-7-4-8-15-33)47(39)41-26-17-32-13-9-10-16-38(32)48(41)58/h3-27,30,40,43-44,46-47,58H,28-29H2,1-2H3. The molecule has 1 aliphatic heterocycles. The van der Waals surface area contributed by atoms with Crippen LogP contribution in [-0.2, 0) is 24.6 Å². The van der Waals surface area contributed by atoms with Crippen molar-refractivity contribution in [2.45, 2.75) is 24.2 Å². The molecule has 61 heavy (non-hydrogen) atoms. The fraction of sp³-hybridized carbons (Fsp3) is 0.192. The molecule has 2 fully saturated rings. The number of hydrogen-bond donors (Lipinski definition) is 1. The third-order valence-electron chi connectivity index (χ3n) is 13.4. The van der Waals surface area contributed by atoms with Crippen molar-refractivity contribution in [2.24, 2.45) is 33.9 Å². The lowest BCUT2D eigenvalue weighted by Gasteiger charge is -2.55. The third kappa shape index (κ3) is 5.98. The van der Waals surface area contributed by atoms with E-state index in [1.165, 1.54) is 11.0 Å². The Morgan fingerprint density at radius 2 is 1.33 bits per heavy atom. The molecular formula is C52H42N4O5. The topological polar surface area (TPSA) is 120 Å². The molecule has 0 bridgehead atoms. The zero-order valence-corrected chi connectivity index (χ0v) is 33.7. The molecule has 6 unspecified atom stereocenters. The number of phenols is 1. The smallest absolute Gasteiger partial charge is 0.238 e. The quantitative estimate of drug-likeness (QED) is 0.0975. The molecule has 9 heteroatoms. The van der Waals surface area contributed by atoms with E-state index in [0.717, 1.165) is 16.6 Å². The van der Waals surface area contributed by atoms with Crippen LogP contribution in [-0.4, -0.2) is 42.6 Å². The van der Waals surface area contributed by atoms with Crippen molar-refractivity contribution in [1.29, 1.82) is 0 Å². The van der Waals surface area contributed by atoms with Crippen LogP contribution in [0, 0.1) is 23.7 Å². The number of amides is 2. The highest BCUT2D eigenvalue weighted by Crippen LogP contribution is 2.65. The molecule has 9 nitrogen and oxygen atoms in total. The van der Waals surface area contributed by atoms with Gasteiger partial charge in [-0.15, -0.1) is 0 Å². The van der Waals surface area contributed by atoms with E-state index in [1.54, 1.807) is 24.3 Å². The fourth-order valence-electron chi connectivity index (χ4n) is 10.6. The van der Waals surface area contributed by atoms with Gasteiger partial charge in [0.15, 0.2) is 11.6 Å². The third-order valence-corrected chi connectivity index (χ3v) is 13.4. The molecule has 6 aromatic rings. The van der Waals surface area contributed by atoms with Gasteiger partial charge >= 0.3 is 0 Å². The number of anilines is 2. The molecule has 1 heterocycles. The summed E-state index contributed by atoms with van der Waals surface area (Å²) in [5.41, 5.74) is 4.20. The number of nitrogens with zero attached hydrogens (tertiary/aromatic N) is 4. The van der Waals surface area contributed by atoms with Crippen molar-refractivity contribution in [3.63, 3.8) is 0 Å². The summed E-state index contributed by atoms with van der Waals surface area (Å²) < 4.78 is 0. The van der Waals surface area contributed by atoms with E-state index >= 15 is 9.59 Å². The number of carbonyl (C=O) groups is 4. The average Bonchev–Trinajstić information content (AvgIpc) is 3.55. The first-order valence-electron chi connectivity index (χ1n) is 20.7. The Morgan fingerprint density at radius 1 is 0.689 bits per heavy atom. The summed E-state index contributed by atoms with van der Waals surface area (Å²) in [6, 6.07) is 44.5. The van der Waals surface area contributed by atoms with Crippen LogP contribution in [0.1, 0.15) is 35.4 Å². The largest absolute Gasteiger partial charge is 0.507 e. The van der Waals surface area contributed by atoms with Crippen molar-refractivity contribution in [1.82, 2.24) is 0 Å². The maximum Gasteiger partial charge on any atom is 0.238 e. The van der Waals surface area contributed by atoms with E-state index in [-0.39, 0.29) is 42.0 Å². The molecule has 6 aromatic carbocycles. The number of aromatic hydroxyl groups is 1. The maximum absolute atomic E-state index is 15.4. The highest BCUT2D eigenvalue weighted by Gasteiger charge is 2.66. The van der Waals surface area contributed by atoms with Crippen LogP contribution in [0.3, 0.4) is 0 Å². The van der Waals surface area contributed by atoms with Crippen LogP contribution < -0.4 is 9.80 Å². The van der Waals surface area contributed by atoms with Gasteiger partial charge in [-0.3, -0.25) is 24.1 Å². The Bertz CT molecular complexity index is 2850. The summed E-state index contributed by atoms with van der Waals surface area (Å²) in [5.74, 6) is -4.83. The number of rotatable bonds is 7. The summed E-state index contributed by atoms with van der Waals surface area (Å²) in [7, 11) is 3.94. The Hall–Kier alpha value is -7.26. The molecule has 4 aliphatic rings. The fourth-order valence-corrected chi connectivity index (χ4v) is 10.6. The first-order chi connectivity index (χ1) is 29.7. The number of azo groups is 1. The van der Waals surface area contributed by atoms with Crippen molar-refractivity contribution in [3.8, 4) is 5.75 Å². The first kappa shape index (κ1) is 38.0. The monoisotopic (exact) mass is 802 g/mol. The van der Waals surface area contributed by atoms with Gasteiger partial charge in [0, 0.05) is 48.1 Å². The van der Waals surface area contributed by atoms with Crippen LogP contribution in [0.5, 0.6) is 5.75 Å². The molecule has 2 amide bonds. The molecule has 0 aromatic heterocycles. The zero-order valence-electron chi connectivity index (χ0n) is 33.7. The van der Waals surface area contributed by atoms with E-state index in [0.29, 0.717) is 44.7 Å². The Kier molecular flexibility index (Phi) is 9.20. The number of carbonyl (C=O) groups excluding carboxylic acids is 4. The van der Waals surface area contributed by atoms with Gasteiger partial charge in [0.25, 0.3) is 0 Å². The second-order valence-corrected chi connectivity index (χ2v) is 16.7. The predicted molar refractivity (Wildman–Crippen MR) is 236 cm³/mol. The van der Waals surface area contributed by atoms with Gasteiger partial charge in [-0.05, 0) is 89.9 Å². The minimum absolute atomic E-state index is 0.0252. The number of fused-ring (bicyclic) bond motifs is 5. The molecule has 3 aliphatic carbocycles. The Morgan fingerprint density at radius 3 is 2.02 bits per heavy atom. The van der Waals surface area contributed by atoms with Gasteiger partial charge in [0.1, 0.15) is 5.75 Å². The van der Waals surface area contributed by atoms with Crippen LogP contribution in [0.2, 0.25) is 0 Å². The summed E-state index contributed by atoms with van der Waals surface area (Å²) in [6.45, 7) is 0. The lowest BCUT2D eigenvalue weighted by atomic mass is 9.44. The summed E-state index contributed by atoms with van der Waals surface area (Å²) >= 11 is 0. The van der Waals surface area contributed by atoms with E-state index < -0.39 is 35.0 Å². The molecule has 10 rings (SSSR count). The molecular weight excluding hydrogens is 761 g/mol. The molecule has 1 saturated heterocycles. The zero-order chi connectivity index (χ0) is 42.0. The number of hydrogen-bond acceptors (Lipinski definition) is 8. The number of imide groups is 1. The van der Waals surface area contributed by atoms with E-state index in [4.69, 9.17) is 0 Å². The first-order valence-corrected chi connectivity index (χ1v) is 20.7. The number of ketones is 2. The summed E-state index contributed by atoms with van der Waals surface area (Å²) in [4.78, 5) is 63.3. The molecule has 1 N–H and O–H groups in total. The maximum atomic E-state index is 15.4. The highest BCUT2D eigenvalue weighted by molar-refractivity contribution is 6.32. The van der Waals surface area contributed by atoms with Crippen LogP contribution >= 0.6 is 0 Å².